The molecule has 0 saturated heterocycles. The molecular weight excluding hydrogens is 276 g/mol. The second-order valence-corrected chi connectivity index (χ2v) is 6.59. The largest absolute Gasteiger partial charge is 0.396 e. The highest BCUT2D eigenvalue weighted by Gasteiger charge is 2.11. The van der Waals surface area contributed by atoms with Crippen LogP contribution in [0.5, 0.6) is 0 Å². The van der Waals surface area contributed by atoms with Gasteiger partial charge in [0.05, 0.1) is 4.90 Å². The molecule has 1 rings (SSSR count). The zero-order valence-corrected chi connectivity index (χ0v) is 12.9. The molecule has 0 fully saturated rings. The lowest BCUT2D eigenvalue weighted by Gasteiger charge is -2.19. The lowest BCUT2D eigenvalue weighted by Crippen LogP contribution is -2.26. The summed E-state index contributed by atoms with van der Waals surface area (Å²) in [5.74, 6) is 0.450. The molecule has 5 nitrogen and oxygen atoms in total. The van der Waals surface area contributed by atoms with Crippen LogP contribution in [-0.2, 0) is 10.0 Å². The van der Waals surface area contributed by atoms with Gasteiger partial charge in [0.15, 0.2) is 0 Å². The standard InChI is InChI=1S/C14H24N2O3S/c1-3-12(8-9-17)10-16-11(2)13-4-6-14(7-5-13)20(15,18)19/h4-7,11-12,16-17H,3,8-10H2,1-2H3,(H2,15,18,19). The Morgan fingerprint density at radius 2 is 1.90 bits per heavy atom. The van der Waals surface area contributed by atoms with Crippen molar-refractivity contribution in [2.24, 2.45) is 11.1 Å². The van der Waals surface area contributed by atoms with Gasteiger partial charge in [0.2, 0.25) is 10.0 Å². The number of hydrogen-bond donors (Lipinski definition) is 3. The Morgan fingerprint density at radius 3 is 2.35 bits per heavy atom. The molecule has 0 aromatic heterocycles. The number of hydrogen-bond acceptors (Lipinski definition) is 4. The summed E-state index contributed by atoms with van der Waals surface area (Å²) in [6.07, 6.45) is 1.81. The summed E-state index contributed by atoms with van der Waals surface area (Å²) in [6, 6.07) is 6.70. The van der Waals surface area contributed by atoms with Crippen molar-refractivity contribution in [1.82, 2.24) is 5.32 Å². The van der Waals surface area contributed by atoms with Gasteiger partial charge in [0, 0.05) is 12.6 Å². The first-order valence-corrected chi connectivity index (χ1v) is 8.40. The van der Waals surface area contributed by atoms with Gasteiger partial charge in [-0.3, -0.25) is 0 Å². The monoisotopic (exact) mass is 300 g/mol. The van der Waals surface area contributed by atoms with E-state index in [0.29, 0.717) is 5.92 Å². The number of sulfonamides is 1. The average Bonchev–Trinajstić information content (AvgIpc) is 2.42. The summed E-state index contributed by atoms with van der Waals surface area (Å²) in [6.45, 7) is 5.16. The Morgan fingerprint density at radius 1 is 1.30 bits per heavy atom. The molecule has 0 heterocycles. The summed E-state index contributed by atoms with van der Waals surface area (Å²) in [5, 5.41) is 17.4. The second kappa shape index (κ2) is 7.73. The summed E-state index contributed by atoms with van der Waals surface area (Å²) in [4.78, 5) is 0.125. The summed E-state index contributed by atoms with van der Waals surface area (Å²) in [7, 11) is -3.63. The number of aliphatic hydroxyl groups excluding tert-OH is 1. The van der Waals surface area contributed by atoms with Gasteiger partial charge in [0.1, 0.15) is 0 Å². The van der Waals surface area contributed by atoms with Crippen molar-refractivity contribution in [3.05, 3.63) is 29.8 Å². The first-order valence-electron chi connectivity index (χ1n) is 6.85. The van der Waals surface area contributed by atoms with Crippen LogP contribution in [-0.4, -0.2) is 26.7 Å². The van der Waals surface area contributed by atoms with E-state index >= 15 is 0 Å². The van der Waals surface area contributed by atoms with E-state index in [-0.39, 0.29) is 17.5 Å². The lowest BCUT2D eigenvalue weighted by molar-refractivity contribution is 0.249. The minimum atomic E-state index is -3.63. The summed E-state index contributed by atoms with van der Waals surface area (Å²) >= 11 is 0. The average molecular weight is 300 g/mol. The zero-order chi connectivity index (χ0) is 15.2. The molecule has 0 aliphatic carbocycles. The third kappa shape index (κ3) is 5.20. The van der Waals surface area contributed by atoms with Crippen LogP contribution in [0.25, 0.3) is 0 Å². The van der Waals surface area contributed by atoms with E-state index in [1.165, 1.54) is 12.1 Å². The van der Waals surface area contributed by atoms with Crippen molar-refractivity contribution in [3.63, 3.8) is 0 Å². The minimum absolute atomic E-state index is 0.122. The first-order chi connectivity index (χ1) is 9.38. The highest BCUT2D eigenvalue weighted by atomic mass is 32.2. The Labute approximate surface area is 121 Å². The number of benzene rings is 1. The normalized spacial score (nSPS) is 15.0. The fourth-order valence-electron chi connectivity index (χ4n) is 2.04. The molecule has 0 amide bonds. The Balaban J connectivity index is 2.62. The number of nitrogens with one attached hydrogen (secondary N) is 1. The Bertz CT molecular complexity index is 500. The number of aliphatic hydroxyl groups is 1. The fraction of sp³-hybridized carbons (Fsp3) is 0.571. The van der Waals surface area contributed by atoms with Gasteiger partial charge >= 0.3 is 0 Å². The van der Waals surface area contributed by atoms with Gasteiger partial charge in [-0.1, -0.05) is 25.5 Å². The van der Waals surface area contributed by atoms with Crippen molar-refractivity contribution < 1.29 is 13.5 Å². The first kappa shape index (κ1) is 17.1. The van der Waals surface area contributed by atoms with Gasteiger partial charge in [-0.2, -0.15) is 0 Å². The van der Waals surface area contributed by atoms with E-state index < -0.39 is 10.0 Å². The predicted octanol–water partition coefficient (Wildman–Crippen LogP) is 1.39. The quantitative estimate of drug-likeness (QED) is 0.676. The highest BCUT2D eigenvalue weighted by Crippen LogP contribution is 2.16. The molecule has 4 N–H and O–H groups in total. The Hall–Kier alpha value is -0.950. The highest BCUT2D eigenvalue weighted by molar-refractivity contribution is 7.89. The molecule has 2 unspecified atom stereocenters. The van der Waals surface area contributed by atoms with Crippen LogP contribution in [0.3, 0.4) is 0 Å². The molecule has 2 atom stereocenters. The third-order valence-corrected chi connectivity index (χ3v) is 4.47. The molecular formula is C14H24N2O3S. The number of nitrogens with two attached hydrogens (primary N) is 1. The Kier molecular flexibility index (Phi) is 6.61. The van der Waals surface area contributed by atoms with E-state index in [4.69, 9.17) is 10.2 Å². The molecule has 1 aromatic rings. The molecule has 1 aromatic carbocycles. The number of primary sulfonamides is 1. The van der Waals surface area contributed by atoms with Crippen LogP contribution >= 0.6 is 0 Å². The van der Waals surface area contributed by atoms with Gasteiger partial charge < -0.3 is 10.4 Å². The predicted molar refractivity (Wildman–Crippen MR) is 79.7 cm³/mol. The molecule has 0 spiro atoms. The second-order valence-electron chi connectivity index (χ2n) is 5.03. The smallest absolute Gasteiger partial charge is 0.238 e. The van der Waals surface area contributed by atoms with Gasteiger partial charge in [0.25, 0.3) is 0 Å². The van der Waals surface area contributed by atoms with Crippen LogP contribution in [0.4, 0.5) is 0 Å². The maximum atomic E-state index is 11.2. The van der Waals surface area contributed by atoms with Crippen LogP contribution < -0.4 is 10.5 Å². The van der Waals surface area contributed by atoms with Crippen molar-refractivity contribution in [1.29, 1.82) is 0 Å². The van der Waals surface area contributed by atoms with E-state index in [0.717, 1.165) is 24.9 Å². The summed E-state index contributed by atoms with van der Waals surface area (Å²) in [5.41, 5.74) is 1.01. The zero-order valence-electron chi connectivity index (χ0n) is 12.0. The molecule has 0 aliphatic heterocycles. The molecule has 6 heteroatoms. The van der Waals surface area contributed by atoms with Crippen LogP contribution in [0, 0.1) is 5.92 Å². The van der Waals surface area contributed by atoms with Crippen LogP contribution in [0.1, 0.15) is 38.3 Å². The van der Waals surface area contributed by atoms with Crippen LogP contribution in [0.2, 0.25) is 0 Å². The van der Waals surface area contributed by atoms with Gasteiger partial charge in [-0.25, -0.2) is 13.6 Å². The number of rotatable bonds is 8. The minimum Gasteiger partial charge on any atom is -0.396 e. The van der Waals surface area contributed by atoms with Crippen molar-refractivity contribution in [3.8, 4) is 0 Å². The van der Waals surface area contributed by atoms with Crippen molar-refractivity contribution in [2.75, 3.05) is 13.2 Å². The topological polar surface area (TPSA) is 92.4 Å². The SMILES string of the molecule is CCC(CCO)CNC(C)c1ccc(S(N)(=O)=O)cc1. The van der Waals surface area contributed by atoms with Gasteiger partial charge in [-0.15, -0.1) is 0 Å². The van der Waals surface area contributed by atoms with Crippen LogP contribution in [0.15, 0.2) is 29.2 Å². The lowest BCUT2D eigenvalue weighted by atomic mass is 10.0. The maximum Gasteiger partial charge on any atom is 0.238 e. The van der Waals surface area contributed by atoms with Crippen molar-refractivity contribution >= 4 is 10.0 Å². The molecule has 20 heavy (non-hydrogen) atoms. The molecule has 0 saturated carbocycles. The maximum absolute atomic E-state index is 11.2. The van der Waals surface area contributed by atoms with E-state index in [1.807, 2.05) is 6.92 Å². The molecule has 0 aliphatic rings. The third-order valence-electron chi connectivity index (χ3n) is 3.54. The summed E-state index contributed by atoms with van der Waals surface area (Å²) < 4.78 is 22.4. The van der Waals surface area contributed by atoms with E-state index in [2.05, 4.69) is 12.2 Å². The van der Waals surface area contributed by atoms with E-state index in [9.17, 15) is 8.42 Å². The van der Waals surface area contributed by atoms with Crippen molar-refractivity contribution in [2.45, 2.75) is 37.6 Å². The molecule has 0 bridgehead atoms. The fourth-order valence-corrected chi connectivity index (χ4v) is 2.56. The molecule has 0 radical (unpaired) electrons. The van der Waals surface area contributed by atoms with Gasteiger partial charge in [-0.05, 0) is 43.5 Å². The van der Waals surface area contributed by atoms with E-state index in [1.54, 1.807) is 12.1 Å². The molecule has 114 valence electrons.